The first-order valence-electron chi connectivity index (χ1n) is 5.55. The lowest BCUT2D eigenvalue weighted by Crippen LogP contribution is -2.35. The molecule has 0 aromatic heterocycles. The maximum atomic E-state index is 13.4. The van der Waals surface area contributed by atoms with E-state index in [1.54, 1.807) is 6.07 Å². The number of hydrogen-bond acceptors (Lipinski definition) is 3. The molecule has 0 spiro atoms. The van der Waals surface area contributed by atoms with Crippen LogP contribution < -0.4 is 5.14 Å². The second kappa shape index (κ2) is 5.24. The van der Waals surface area contributed by atoms with Crippen molar-refractivity contribution in [3.8, 4) is 0 Å². The zero-order valence-electron chi connectivity index (χ0n) is 9.70. The number of sulfonamides is 1. The van der Waals surface area contributed by atoms with Gasteiger partial charge in [-0.3, -0.25) is 4.90 Å². The first kappa shape index (κ1) is 13.9. The Labute approximate surface area is 114 Å². The van der Waals surface area contributed by atoms with E-state index in [2.05, 4.69) is 15.9 Å². The summed E-state index contributed by atoms with van der Waals surface area (Å²) in [5.41, 5.74) is 2.02. The summed E-state index contributed by atoms with van der Waals surface area (Å²) in [6, 6.07) is 3.30. The summed E-state index contributed by atoms with van der Waals surface area (Å²) in [5, 5.41) is 4.97. The monoisotopic (exact) mass is 336 g/mol. The van der Waals surface area contributed by atoms with E-state index in [1.807, 2.05) is 4.90 Å². The normalized spacial score (nSPS) is 16.6. The summed E-state index contributed by atoms with van der Waals surface area (Å²) >= 11 is 3.16. The van der Waals surface area contributed by atoms with E-state index in [1.165, 1.54) is 6.07 Å². The molecule has 7 heteroatoms. The lowest BCUT2D eigenvalue weighted by Gasteiger charge is -2.28. The van der Waals surface area contributed by atoms with Crippen molar-refractivity contribution in [2.24, 2.45) is 5.14 Å². The highest BCUT2D eigenvalue weighted by atomic mass is 79.9. The molecule has 18 heavy (non-hydrogen) atoms. The average molecular weight is 337 g/mol. The second-order valence-electron chi connectivity index (χ2n) is 4.43. The van der Waals surface area contributed by atoms with Gasteiger partial charge < -0.3 is 0 Å². The highest BCUT2D eigenvalue weighted by molar-refractivity contribution is 9.10. The third-order valence-electron chi connectivity index (χ3n) is 3.03. The van der Waals surface area contributed by atoms with Crippen LogP contribution in [0.2, 0.25) is 0 Å². The molecule has 0 unspecified atom stereocenters. The number of hydrogen-bond donors (Lipinski definition) is 1. The molecule has 0 amide bonds. The molecule has 1 heterocycles. The summed E-state index contributed by atoms with van der Waals surface area (Å²) in [6.07, 6.45) is 0.791. The molecule has 1 aromatic rings. The summed E-state index contributed by atoms with van der Waals surface area (Å²) in [7, 11) is -3.44. The number of nitrogens with two attached hydrogens (primary N) is 1. The lowest BCUT2D eigenvalue weighted by atomic mass is 10.00. The molecule has 0 saturated carbocycles. The van der Waals surface area contributed by atoms with Crippen molar-refractivity contribution in [2.45, 2.75) is 13.0 Å². The van der Waals surface area contributed by atoms with Gasteiger partial charge in [0, 0.05) is 19.6 Å². The van der Waals surface area contributed by atoms with E-state index in [4.69, 9.17) is 5.14 Å². The SMILES string of the molecule is NS(=O)(=O)CCN1CCc2cc(Br)c(F)cc2C1. The Balaban J connectivity index is 2.08. The Hall–Kier alpha value is -0.500. The first-order chi connectivity index (χ1) is 8.35. The number of benzene rings is 1. The highest BCUT2D eigenvalue weighted by Crippen LogP contribution is 2.25. The Bertz CT molecular complexity index is 562. The molecular formula is C11H14BrFN2O2S. The fraction of sp³-hybridized carbons (Fsp3) is 0.455. The van der Waals surface area contributed by atoms with Crippen LogP contribution in [0.25, 0.3) is 0 Å². The van der Waals surface area contributed by atoms with Crippen LogP contribution >= 0.6 is 15.9 Å². The molecule has 1 aliphatic heterocycles. The van der Waals surface area contributed by atoms with Crippen molar-refractivity contribution in [3.05, 3.63) is 33.5 Å². The minimum Gasteiger partial charge on any atom is -0.298 e. The number of halogens is 2. The van der Waals surface area contributed by atoms with Crippen LogP contribution in [-0.4, -0.2) is 32.2 Å². The van der Waals surface area contributed by atoms with E-state index in [-0.39, 0.29) is 11.6 Å². The van der Waals surface area contributed by atoms with Gasteiger partial charge >= 0.3 is 0 Å². The minimum atomic E-state index is -3.44. The number of rotatable bonds is 3. The van der Waals surface area contributed by atoms with Gasteiger partial charge in [-0.05, 0) is 45.6 Å². The minimum absolute atomic E-state index is 0.0681. The lowest BCUT2D eigenvalue weighted by molar-refractivity contribution is 0.268. The number of nitrogens with zero attached hydrogens (tertiary/aromatic N) is 1. The molecule has 2 N–H and O–H groups in total. The fourth-order valence-corrected chi connectivity index (χ4v) is 2.96. The molecule has 1 aliphatic rings. The molecule has 0 aliphatic carbocycles. The van der Waals surface area contributed by atoms with Crippen molar-refractivity contribution in [1.29, 1.82) is 0 Å². The highest BCUT2D eigenvalue weighted by Gasteiger charge is 2.19. The third-order valence-corrected chi connectivity index (χ3v) is 4.39. The summed E-state index contributed by atoms with van der Waals surface area (Å²) in [5.74, 6) is -0.358. The quantitative estimate of drug-likeness (QED) is 0.903. The molecule has 0 bridgehead atoms. The molecule has 0 atom stereocenters. The molecule has 1 aromatic carbocycles. The van der Waals surface area contributed by atoms with Crippen molar-refractivity contribution in [2.75, 3.05) is 18.8 Å². The van der Waals surface area contributed by atoms with Crippen LogP contribution in [0.4, 0.5) is 4.39 Å². The molecular weight excluding hydrogens is 323 g/mol. The van der Waals surface area contributed by atoms with Crippen molar-refractivity contribution in [3.63, 3.8) is 0 Å². The van der Waals surface area contributed by atoms with Gasteiger partial charge in [0.25, 0.3) is 0 Å². The van der Waals surface area contributed by atoms with Gasteiger partial charge in [-0.25, -0.2) is 17.9 Å². The second-order valence-corrected chi connectivity index (χ2v) is 7.02. The van der Waals surface area contributed by atoms with Crippen LogP contribution in [0.3, 0.4) is 0 Å². The van der Waals surface area contributed by atoms with Gasteiger partial charge in [0.1, 0.15) is 5.82 Å². The maximum Gasteiger partial charge on any atom is 0.210 e. The van der Waals surface area contributed by atoms with Gasteiger partial charge in [0.05, 0.1) is 10.2 Å². The van der Waals surface area contributed by atoms with E-state index < -0.39 is 10.0 Å². The first-order valence-corrected chi connectivity index (χ1v) is 8.05. The summed E-state index contributed by atoms with van der Waals surface area (Å²) < 4.78 is 35.7. The molecule has 0 fully saturated rings. The van der Waals surface area contributed by atoms with Crippen LogP contribution in [0.15, 0.2) is 16.6 Å². The standard InChI is InChI=1S/C11H14BrFN2O2S/c12-10-5-8-1-2-15(3-4-18(14,16)17)7-9(8)6-11(10)13/h5-6H,1-4,7H2,(H2,14,16,17). The Morgan fingerprint density at radius 1 is 1.39 bits per heavy atom. The van der Waals surface area contributed by atoms with Crippen molar-refractivity contribution < 1.29 is 12.8 Å². The van der Waals surface area contributed by atoms with Gasteiger partial charge in [-0.2, -0.15) is 0 Å². The van der Waals surface area contributed by atoms with Crippen LogP contribution in [-0.2, 0) is 23.0 Å². The van der Waals surface area contributed by atoms with Gasteiger partial charge in [0.2, 0.25) is 10.0 Å². The molecule has 0 radical (unpaired) electrons. The van der Waals surface area contributed by atoms with E-state index in [0.29, 0.717) is 17.6 Å². The Morgan fingerprint density at radius 3 is 2.78 bits per heavy atom. The number of primary sulfonamides is 1. The predicted molar refractivity (Wildman–Crippen MR) is 71.1 cm³/mol. The predicted octanol–water partition coefficient (Wildman–Crippen LogP) is 1.23. The Kier molecular flexibility index (Phi) is 4.05. The third kappa shape index (κ3) is 3.50. The molecule has 2 rings (SSSR count). The van der Waals surface area contributed by atoms with Gasteiger partial charge in [-0.15, -0.1) is 0 Å². The van der Waals surface area contributed by atoms with E-state index in [9.17, 15) is 12.8 Å². The topological polar surface area (TPSA) is 63.4 Å². The Morgan fingerprint density at radius 2 is 2.11 bits per heavy atom. The van der Waals surface area contributed by atoms with Crippen molar-refractivity contribution >= 4 is 26.0 Å². The van der Waals surface area contributed by atoms with Crippen LogP contribution in [0.1, 0.15) is 11.1 Å². The number of fused-ring (bicyclic) bond motifs is 1. The van der Waals surface area contributed by atoms with Gasteiger partial charge in [0.15, 0.2) is 0 Å². The van der Waals surface area contributed by atoms with E-state index in [0.717, 1.165) is 24.1 Å². The zero-order valence-corrected chi connectivity index (χ0v) is 12.1. The maximum absolute atomic E-state index is 13.4. The molecule has 0 saturated heterocycles. The smallest absolute Gasteiger partial charge is 0.210 e. The van der Waals surface area contributed by atoms with Crippen LogP contribution in [0.5, 0.6) is 0 Å². The summed E-state index contributed by atoms with van der Waals surface area (Å²) in [6.45, 7) is 1.71. The zero-order chi connectivity index (χ0) is 13.3. The largest absolute Gasteiger partial charge is 0.298 e. The van der Waals surface area contributed by atoms with E-state index >= 15 is 0 Å². The van der Waals surface area contributed by atoms with Gasteiger partial charge in [-0.1, -0.05) is 0 Å². The average Bonchev–Trinajstić information content (AvgIpc) is 2.27. The fourth-order valence-electron chi connectivity index (χ4n) is 2.05. The summed E-state index contributed by atoms with van der Waals surface area (Å²) in [4.78, 5) is 1.97. The molecule has 100 valence electrons. The van der Waals surface area contributed by atoms with Crippen LogP contribution in [0, 0.1) is 5.82 Å². The van der Waals surface area contributed by atoms with Crippen molar-refractivity contribution in [1.82, 2.24) is 4.90 Å². The molecule has 4 nitrogen and oxygen atoms in total.